The van der Waals surface area contributed by atoms with Crippen LogP contribution in [0.3, 0.4) is 0 Å². The summed E-state index contributed by atoms with van der Waals surface area (Å²) in [7, 11) is 0. The van der Waals surface area contributed by atoms with E-state index in [-0.39, 0.29) is 29.9 Å². The Labute approximate surface area is 201 Å². The molecule has 0 bridgehead atoms. The van der Waals surface area contributed by atoms with Gasteiger partial charge >= 0.3 is 0 Å². The number of furan rings is 1. The Kier molecular flexibility index (Phi) is 6.44. The number of carbonyl (C=O) groups is 1. The molecule has 1 amide bonds. The molecule has 0 saturated heterocycles. The molecule has 0 aliphatic carbocycles. The fourth-order valence-corrected chi connectivity index (χ4v) is 4.43. The van der Waals surface area contributed by atoms with Crippen LogP contribution in [0.15, 0.2) is 102 Å². The van der Waals surface area contributed by atoms with Crippen LogP contribution in [0.25, 0.3) is 10.9 Å². The molecule has 6 heteroatoms. The maximum absolute atomic E-state index is 13.7. The van der Waals surface area contributed by atoms with Crippen molar-refractivity contribution in [3.63, 3.8) is 0 Å². The molecule has 1 atom stereocenters. The number of benzene rings is 3. The molecule has 0 aliphatic rings. The maximum Gasteiger partial charge on any atom is 0.221 e. The number of nitrogens with zero attached hydrogens (tertiary/aromatic N) is 1. The molecule has 0 aliphatic heterocycles. The first-order valence-corrected chi connectivity index (χ1v) is 11.4. The highest BCUT2D eigenvalue weighted by atomic mass is 19.1. The Bertz CT molecular complexity index is 1420. The molecule has 176 valence electrons. The molecule has 4 nitrogen and oxygen atoms in total. The number of hydrogen-bond donors (Lipinski definition) is 1. The second kappa shape index (κ2) is 9.97. The SMILES string of the molecule is O=C(C[C@@H](c1ccc(F)cc1)c1cn(Cc2ccc(F)cc2)c2ccccc12)NCc1ccco1. The highest BCUT2D eigenvalue weighted by Gasteiger charge is 2.23. The zero-order chi connectivity index (χ0) is 24.2. The monoisotopic (exact) mass is 470 g/mol. The summed E-state index contributed by atoms with van der Waals surface area (Å²) in [5.41, 5.74) is 3.80. The minimum atomic E-state index is -0.325. The van der Waals surface area contributed by atoms with E-state index in [1.807, 2.05) is 30.5 Å². The van der Waals surface area contributed by atoms with Gasteiger partial charge in [0.25, 0.3) is 0 Å². The highest BCUT2D eigenvalue weighted by Crippen LogP contribution is 2.35. The lowest BCUT2D eigenvalue weighted by Crippen LogP contribution is -2.24. The normalized spacial score (nSPS) is 12.1. The number of carbonyl (C=O) groups excluding carboxylic acids is 1. The van der Waals surface area contributed by atoms with Crippen molar-refractivity contribution in [3.05, 3.63) is 131 Å². The van der Waals surface area contributed by atoms with Gasteiger partial charge in [0, 0.05) is 36.0 Å². The Hall–Kier alpha value is -4.19. The van der Waals surface area contributed by atoms with E-state index in [2.05, 4.69) is 9.88 Å². The van der Waals surface area contributed by atoms with Crippen LogP contribution in [-0.4, -0.2) is 10.5 Å². The fourth-order valence-electron chi connectivity index (χ4n) is 4.43. The van der Waals surface area contributed by atoms with Gasteiger partial charge in [-0.25, -0.2) is 8.78 Å². The molecule has 5 aromatic rings. The molecule has 2 aromatic heterocycles. The summed E-state index contributed by atoms with van der Waals surface area (Å²) in [4.78, 5) is 13.0. The van der Waals surface area contributed by atoms with Crippen LogP contribution in [0, 0.1) is 11.6 Å². The van der Waals surface area contributed by atoms with Crippen LogP contribution < -0.4 is 5.32 Å². The van der Waals surface area contributed by atoms with Gasteiger partial charge in [0.1, 0.15) is 17.4 Å². The maximum atomic E-state index is 13.7. The van der Waals surface area contributed by atoms with Gasteiger partial charge in [0.05, 0.1) is 12.8 Å². The average Bonchev–Trinajstić information content (AvgIpc) is 3.52. The van der Waals surface area contributed by atoms with Crippen molar-refractivity contribution in [1.82, 2.24) is 9.88 Å². The molecule has 0 saturated carbocycles. The standard InChI is InChI=1S/C29H24F2N2O2/c30-22-11-7-20(8-12-22)18-33-19-27(25-5-1-2-6-28(25)33)26(21-9-13-23(31)14-10-21)16-29(34)32-17-24-4-3-15-35-24/h1-15,19,26H,16-18H2,(H,32,34)/t26-/m0/s1. The van der Waals surface area contributed by atoms with Gasteiger partial charge in [-0.15, -0.1) is 0 Å². The molecular formula is C29H24F2N2O2. The van der Waals surface area contributed by atoms with Gasteiger partial charge in [-0.1, -0.05) is 42.5 Å². The minimum Gasteiger partial charge on any atom is -0.467 e. The molecule has 0 radical (unpaired) electrons. The lowest BCUT2D eigenvalue weighted by atomic mass is 9.88. The summed E-state index contributed by atoms with van der Waals surface area (Å²) >= 11 is 0. The van der Waals surface area contributed by atoms with Crippen LogP contribution in [0.4, 0.5) is 8.78 Å². The van der Waals surface area contributed by atoms with Crippen molar-refractivity contribution in [2.45, 2.75) is 25.4 Å². The molecule has 0 spiro atoms. The van der Waals surface area contributed by atoms with Gasteiger partial charge in [-0.3, -0.25) is 4.79 Å². The average molecular weight is 471 g/mol. The van der Waals surface area contributed by atoms with E-state index < -0.39 is 0 Å². The lowest BCUT2D eigenvalue weighted by Gasteiger charge is -2.17. The van der Waals surface area contributed by atoms with E-state index >= 15 is 0 Å². The predicted octanol–water partition coefficient (Wildman–Crippen LogP) is 6.40. The predicted molar refractivity (Wildman–Crippen MR) is 131 cm³/mol. The largest absolute Gasteiger partial charge is 0.467 e. The minimum absolute atomic E-state index is 0.133. The quantitative estimate of drug-likeness (QED) is 0.285. The number of hydrogen-bond acceptors (Lipinski definition) is 2. The smallest absolute Gasteiger partial charge is 0.221 e. The van der Waals surface area contributed by atoms with E-state index in [1.54, 1.807) is 42.7 Å². The Morgan fingerprint density at radius 2 is 1.60 bits per heavy atom. The van der Waals surface area contributed by atoms with Gasteiger partial charge in [0.2, 0.25) is 5.91 Å². The third-order valence-corrected chi connectivity index (χ3v) is 6.16. The van der Waals surface area contributed by atoms with Crippen molar-refractivity contribution >= 4 is 16.8 Å². The van der Waals surface area contributed by atoms with Crippen molar-refractivity contribution in [2.24, 2.45) is 0 Å². The first-order chi connectivity index (χ1) is 17.1. The summed E-state index contributed by atoms with van der Waals surface area (Å²) < 4.78 is 34.5. The number of para-hydroxylation sites is 1. The highest BCUT2D eigenvalue weighted by molar-refractivity contribution is 5.86. The first kappa shape index (κ1) is 22.6. The van der Waals surface area contributed by atoms with Crippen LogP contribution in [0.2, 0.25) is 0 Å². The van der Waals surface area contributed by atoms with Gasteiger partial charge < -0.3 is 14.3 Å². The topological polar surface area (TPSA) is 47.2 Å². The molecule has 3 aromatic carbocycles. The van der Waals surface area contributed by atoms with Crippen LogP contribution >= 0.6 is 0 Å². The molecule has 35 heavy (non-hydrogen) atoms. The van der Waals surface area contributed by atoms with Crippen LogP contribution in [0.1, 0.15) is 34.8 Å². The summed E-state index contributed by atoms with van der Waals surface area (Å²) in [6.45, 7) is 0.857. The van der Waals surface area contributed by atoms with Crippen molar-refractivity contribution in [2.75, 3.05) is 0 Å². The van der Waals surface area contributed by atoms with Crippen molar-refractivity contribution < 1.29 is 18.0 Å². The summed E-state index contributed by atoms with van der Waals surface area (Å²) in [5, 5.41) is 3.93. The second-order valence-electron chi connectivity index (χ2n) is 8.52. The number of amides is 1. The lowest BCUT2D eigenvalue weighted by molar-refractivity contribution is -0.121. The first-order valence-electron chi connectivity index (χ1n) is 11.4. The Morgan fingerprint density at radius 1 is 0.886 bits per heavy atom. The Balaban J connectivity index is 1.50. The number of halogens is 2. The molecule has 5 rings (SSSR count). The summed E-state index contributed by atoms with van der Waals surface area (Å²) in [5.74, 6) is -0.345. The molecule has 2 heterocycles. The third-order valence-electron chi connectivity index (χ3n) is 6.16. The zero-order valence-corrected chi connectivity index (χ0v) is 19.0. The molecule has 0 unspecified atom stereocenters. The molecule has 1 N–H and O–H groups in total. The van der Waals surface area contributed by atoms with E-state index in [1.165, 1.54) is 24.3 Å². The van der Waals surface area contributed by atoms with Gasteiger partial charge in [0.15, 0.2) is 0 Å². The fraction of sp³-hybridized carbons (Fsp3) is 0.138. The number of nitrogens with one attached hydrogen (secondary N) is 1. The third kappa shape index (κ3) is 5.17. The molecule has 0 fully saturated rings. The summed E-state index contributed by atoms with van der Waals surface area (Å²) in [6, 6.07) is 24.3. The number of fused-ring (bicyclic) bond motifs is 1. The van der Waals surface area contributed by atoms with E-state index in [0.29, 0.717) is 18.8 Å². The van der Waals surface area contributed by atoms with Crippen LogP contribution in [-0.2, 0) is 17.9 Å². The Morgan fingerprint density at radius 3 is 2.31 bits per heavy atom. The van der Waals surface area contributed by atoms with E-state index in [0.717, 1.165) is 27.6 Å². The van der Waals surface area contributed by atoms with Gasteiger partial charge in [-0.2, -0.15) is 0 Å². The zero-order valence-electron chi connectivity index (χ0n) is 19.0. The van der Waals surface area contributed by atoms with Crippen LogP contribution in [0.5, 0.6) is 0 Å². The van der Waals surface area contributed by atoms with E-state index in [4.69, 9.17) is 4.42 Å². The van der Waals surface area contributed by atoms with Gasteiger partial charge in [-0.05, 0) is 59.2 Å². The summed E-state index contributed by atoms with van der Waals surface area (Å²) in [6.07, 6.45) is 3.80. The van der Waals surface area contributed by atoms with Crippen molar-refractivity contribution in [1.29, 1.82) is 0 Å². The second-order valence-corrected chi connectivity index (χ2v) is 8.52. The van der Waals surface area contributed by atoms with E-state index in [9.17, 15) is 13.6 Å². The molecular weight excluding hydrogens is 446 g/mol. The van der Waals surface area contributed by atoms with Crippen molar-refractivity contribution in [3.8, 4) is 0 Å². The number of rotatable bonds is 8. The number of aromatic nitrogens is 1.